The number of hydrogen-bond donors (Lipinski definition) is 1. The largest absolute Gasteiger partial charge is 0.467 e. The highest BCUT2D eigenvalue weighted by atomic mass is 32.1. The molecule has 39 heavy (non-hydrogen) atoms. The lowest BCUT2D eigenvalue weighted by atomic mass is 10.1. The number of para-hydroxylation sites is 2. The highest BCUT2D eigenvalue weighted by Crippen LogP contribution is 2.30. The van der Waals surface area contributed by atoms with E-state index in [0.29, 0.717) is 17.0 Å². The minimum absolute atomic E-state index is 0.0672. The van der Waals surface area contributed by atoms with Crippen molar-refractivity contribution < 1.29 is 18.6 Å². The van der Waals surface area contributed by atoms with Crippen LogP contribution in [0, 0.1) is 21.4 Å². The van der Waals surface area contributed by atoms with Gasteiger partial charge in [0.25, 0.3) is 17.2 Å². The first-order valence-corrected chi connectivity index (χ1v) is 12.4. The molecular formula is C28H18N4O6S. The van der Waals surface area contributed by atoms with Gasteiger partial charge in [-0.25, -0.2) is 0 Å². The van der Waals surface area contributed by atoms with Gasteiger partial charge in [0, 0.05) is 12.1 Å². The lowest BCUT2D eigenvalue weighted by molar-refractivity contribution is -0.384. The highest BCUT2D eigenvalue weighted by molar-refractivity contribution is 7.07. The maximum atomic E-state index is 13.5. The molecule has 0 atom stereocenters. The van der Waals surface area contributed by atoms with Crippen LogP contribution in [0.25, 0.3) is 28.7 Å². The summed E-state index contributed by atoms with van der Waals surface area (Å²) in [6.45, 7) is 0.0672. The second-order valence-electron chi connectivity index (χ2n) is 8.12. The van der Waals surface area contributed by atoms with Crippen molar-refractivity contribution in [1.82, 2.24) is 9.88 Å². The Labute approximate surface area is 224 Å². The molecule has 1 N–H and O–H groups in total. The molecule has 0 aliphatic rings. The van der Waals surface area contributed by atoms with Crippen molar-refractivity contribution in [2.24, 2.45) is 0 Å². The number of nitro groups is 1. The summed E-state index contributed by atoms with van der Waals surface area (Å²) < 4.78 is 12.7. The van der Waals surface area contributed by atoms with E-state index in [4.69, 9.17) is 8.83 Å². The van der Waals surface area contributed by atoms with Gasteiger partial charge < -0.3 is 14.2 Å². The average molecular weight is 539 g/mol. The van der Waals surface area contributed by atoms with Crippen LogP contribution in [0.1, 0.15) is 11.5 Å². The molecule has 192 valence electrons. The summed E-state index contributed by atoms with van der Waals surface area (Å²) in [4.78, 5) is 37.4. The molecule has 0 spiro atoms. The normalized spacial score (nSPS) is 12.1. The number of nitrogens with zero attached hydrogens (tertiary/aromatic N) is 3. The highest BCUT2D eigenvalue weighted by Gasteiger charge is 2.19. The van der Waals surface area contributed by atoms with Crippen LogP contribution in [0.5, 0.6) is 0 Å². The van der Waals surface area contributed by atoms with Gasteiger partial charge in [0.2, 0.25) is 0 Å². The van der Waals surface area contributed by atoms with Gasteiger partial charge in [-0.2, -0.15) is 5.26 Å². The summed E-state index contributed by atoms with van der Waals surface area (Å²) in [6, 6.07) is 23.3. The number of nitro benzene ring substituents is 1. The second kappa shape index (κ2) is 10.9. The van der Waals surface area contributed by atoms with Crippen LogP contribution in [0.3, 0.4) is 0 Å². The summed E-state index contributed by atoms with van der Waals surface area (Å²) in [7, 11) is 0. The number of amides is 1. The quantitative estimate of drug-likeness (QED) is 0.247. The van der Waals surface area contributed by atoms with E-state index in [9.17, 15) is 25.0 Å². The van der Waals surface area contributed by atoms with Crippen LogP contribution in [-0.4, -0.2) is 15.4 Å². The fraction of sp³-hybridized carbons (Fsp3) is 0.0357. The average Bonchev–Trinajstić information content (AvgIpc) is 3.70. The zero-order chi connectivity index (χ0) is 27.4. The van der Waals surface area contributed by atoms with Gasteiger partial charge >= 0.3 is 0 Å². The Morgan fingerprint density at radius 2 is 1.85 bits per heavy atom. The molecule has 0 radical (unpaired) electrons. The number of thiazole rings is 1. The van der Waals surface area contributed by atoms with Crippen molar-refractivity contribution in [2.75, 3.05) is 0 Å². The number of aromatic nitrogens is 1. The second-order valence-corrected chi connectivity index (χ2v) is 9.15. The van der Waals surface area contributed by atoms with Crippen LogP contribution in [-0.2, 0) is 11.3 Å². The van der Waals surface area contributed by atoms with Crippen LogP contribution in [0.4, 0.5) is 5.69 Å². The first-order chi connectivity index (χ1) is 19.0. The first kappa shape index (κ1) is 25.2. The van der Waals surface area contributed by atoms with Crippen LogP contribution in [0.2, 0.25) is 0 Å². The minimum atomic E-state index is -0.664. The molecule has 10 nitrogen and oxygen atoms in total. The number of hydrogen-bond acceptors (Lipinski definition) is 8. The predicted octanol–water partition coefficient (Wildman–Crippen LogP) is 3.48. The Bertz CT molecular complexity index is 1890. The van der Waals surface area contributed by atoms with E-state index in [2.05, 4.69) is 5.32 Å². The molecule has 5 rings (SSSR count). The van der Waals surface area contributed by atoms with E-state index in [1.165, 1.54) is 23.0 Å². The molecule has 3 heterocycles. The van der Waals surface area contributed by atoms with Crippen molar-refractivity contribution in [2.45, 2.75) is 6.54 Å². The van der Waals surface area contributed by atoms with Gasteiger partial charge in [0.05, 0.1) is 33.5 Å². The molecule has 0 bridgehead atoms. The molecule has 0 saturated heterocycles. The third-order valence-corrected chi connectivity index (χ3v) is 6.75. The van der Waals surface area contributed by atoms with Gasteiger partial charge in [-0.1, -0.05) is 30.3 Å². The van der Waals surface area contributed by atoms with Crippen molar-refractivity contribution in [3.8, 4) is 23.1 Å². The topological polar surface area (TPSA) is 144 Å². The summed E-state index contributed by atoms with van der Waals surface area (Å²) in [6.07, 6.45) is 2.95. The SMILES string of the molecule is N#CC(C(=O)NCc1ccco1)=c1sc(=Cc2ccc(-c3ccccc3[N+](=O)[O-])o2)c(=O)n1-c1ccccc1. The van der Waals surface area contributed by atoms with Gasteiger partial charge in [0.1, 0.15) is 28.0 Å². The molecular weight excluding hydrogens is 520 g/mol. The zero-order valence-electron chi connectivity index (χ0n) is 20.1. The molecule has 1 amide bonds. The fourth-order valence-electron chi connectivity index (χ4n) is 3.87. The van der Waals surface area contributed by atoms with Gasteiger partial charge in [-0.15, -0.1) is 11.3 Å². The molecule has 0 unspecified atom stereocenters. The number of nitriles is 1. The predicted molar refractivity (Wildman–Crippen MR) is 143 cm³/mol. The molecule has 0 saturated carbocycles. The van der Waals surface area contributed by atoms with Crippen molar-refractivity contribution in [3.63, 3.8) is 0 Å². The molecule has 0 fully saturated rings. The van der Waals surface area contributed by atoms with E-state index < -0.39 is 16.4 Å². The minimum Gasteiger partial charge on any atom is -0.467 e. The van der Waals surface area contributed by atoms with Crippen molar-refractivity contribution in [3.05, 3.63) is 126 Å². The van der Waals surface area contributed by atoms with E-state index in [-0.39, 0.29) is 38.5 Å². The Morgan fingerprint density at radius 1 is 1.08 bits per heavy atom. The van der Waals surface area contributed by atoms with E-state index in [1.807, 2.05) is 6.07 Å². The molecule has 0 aliphatic carbocycles. The molecule has 0 aliphatic heterocycles. The summed E-state index contributed by atoms with van der Waals surface area (Å²) in [5.74, 6) is 0.376. The number of nitrogens with one attached hydrogen (secondary N) is 1. The number of carbonyl (C=O) groups excluding carboxylic acids is 1. The lowest BCUT2D eigenvalue weighted by Gasteiger charge is -2.04. The van der Waals surface area contributed by atoms with Gasteiger partial charge in [0.15, 0.2) is 5.57 Å². The fourth-order valence-corrected chi connectivity index (χ4v) is 4.95. The molecule has 2 aromatic carbocycles. The van der Waals surface area contributed by atoms with Crippen LogP contribution >= 0.6 is 11.3 Å². The van der Waals surface area contributed by atoms with Crippen molar-refractivity contribution >= 4 is 34.6 Å². The Hall–Kier alpha value is -5.47. The third-order valence-electron chi connectivity index (χ3n) is 5.66. The summed E-state index contributed by atoms with van der Waals surface area (Å²) >= 11 is 0.956. The van der Waals surface area contributed by atoms with Gasteiger partial charge in [-0.05, 0) is 42.5 Å². The van der Waals surface area contributed by atoms with Crippen molar-refractivity contribution in [1.29, 1.82) is 5.26 Å². The van der Waals surface area contributed by atoms with E-state index in [0.717, 1.165) is 11.3 Å². The molecule has 5 aromatic rings. The number of furan rings is 2. The Kier molecular flexibility index (Phi) is 7.02. The Morgan fingerprint density at radius 3 is 2.56 bits per heavy atom. The van der Waals surface area contributed by atoms with Gasteiger partial charge in [-0.3, -0.25) is 24.3 Å². The summed E-state index contributed by atoms with van der Waals surface area (Å²) in [5, 5.41) is 24.0. The number of rotatable bonds is 7. The van der Waals surface area contributed by atoms with Crippen LogP contribution < -0.4 is 20.1 Å². The first-order valence-electron chi connectivity index (χ1n) is 11.5. The smallest absolute Gasteiger partial charge is 0.280 e. The molecule has 11 heteroatoms. The summed E-state index contributed by atoms with van der Waals surface area (Å²) in [5.41, 5.74) is -0.0511. The molecule has 3 aromatic heterocycles. The van der Waals surface area contributed by atoms with E-state index >= 15 is 0 Å². The maximum Gasteiger partial charge on any atom is 0.280 e. The zero-order valence-corrected chi connectivity index (χ0v) is 20.9. The maximum absolute atomic E-state index is 13.5. The lowest BCUT2D eigenvalue weighted by Crippen LogP contribution is -2.33. The van der Waals surface area contributed by atoms with Crippen LogP contribution in [0.15, 0.2) is 98.8 Å². The number of carbonyl (C=O) groups is 1. The number of benzene rings is 2. The van der Waals surface area contributed by atoms with E-state index in [1.54, 1.807) is 72.8 Å². The Balaban J connectivity index is 1.63. The monoisotopic (exact) mass is 538 g/mol. The standard InChI is InChI=1S/C28H18N4O6S/c29-16-22(26(33)30-17-20-9-6-14-37-20)28-31(18-7-2-1-3-8-18)27(34)25(39-28)15-19-12-13-24(38-19)21-10-4-5-11-23(21)32(35)36/h1-15H,17H2,(H,30,33). The third kappa shape index (κ3) is 5.18.